The number of benzene rings is 12. The predicted molar refractivity (Wildman–Crippen MR) is 341 cm³/mol. The topological polar surface area (TPSA) is 13.1 Å². The molecule has 0 spiro atoms. The van der Waals surface area contributed by atoms with E-state index in [1.165, 1.54) is 133 Å². The molecule has 0 unspecified atom stereocenters. The Morgan fingerprint density at radius 1 is 0.247 bits per heavy atom. The Balaban J connectivity index is 0.791. The Morgan fingerprint density at radius 2 is 0.605 bits per heavy atom. The van der Waals surface area contributed by atoms with E-state index in [0.29, 0.717) is 0 Å². The van der Waals surface area contributed by atoms with Gasteiger partial charge in [-0.15, -0.1) is 0 Å². The van der Waals surface area contributed by atoms with Crippen LogP contribution in [0.1, 0.15) is 49.9 Å². The van der Waals surface area contributed by atoms with Crippen LogP contribution < -0.4 is 4.90 Å². The first-order valence-corrected chi connectivity index (χ1v) is 28.4. The molecule has 0 amide bonds. The molecule has 384 valence electrons. The third-order valence-electron chi connectivity index (χ3n) is 18.1. The van der Waals surface area contributed by atoms with Crippen LogP contribution in [0.2, 0.25) is 0 Å². The summed E-state index contributed by atoms with van der Waals surface area (Å²) in [5.74, 6) is 0. The van der Waals surface area contributed by atoms with Crippen LogP contribution in [-0.2, 0) is 10.8 Å². The zero-order valence-electron chi connectivity index (χ0n) is 45.8. The second-order valence-corrected chi connectivity index (χ2v) is 23.3. The lowest BCUT2D eigenvalue weighted by molar-refractivity contribution is 0.659. The Kier molecular flexibility index (Phi) is 10.3. The van der Waals surface area contributed by atoms with Gasteiger partial charge in [0.05, 0.1) is 22.1 Å². The van der Waals surface area contributed by atoms with Crippen molar-refractivity contribution >= 4 is 60.7 Å². The number of nitrogens with zero attached hydrogens (tertiary/aromatic N) is 3. The lowest BCUT2D eigenvalue weighted by Crippen LogP contribution is -2.18. The Bertz CT molecular complexity index is 4790. The van der Waals surface area contributed by atoms with E-state index in [0.717, 1.165) is 17.1 Å². The molecule has 2 heterocycles. The van der Waals surface area contributed by atoms with Crippen LogP contribution in [0, 0.1) is 0 Å². The molecule has 0 saturated heterocycles. The van der Waals surface area contributed by atoms with Crippen molar-refractivity contribution in [3.63, 3.8) is 0 Å². The van der Waals surface area contributed by atoms with Crippen molar-refractivity contribution in [2.75, 3.05) is 4.90 Å². The van der Waals surface area contributed by atoms with Crippen LogP contribution in [0.15, 0.2) is 273 Å². The van der Waals surface area contributed by atoms with E-state index in [-0.39, 0.29) is 10.8 Å². The second kappa shape index (κ2) is 17.8. The fourth-order valence-electron chi connectivity index (χ4n) is 14.0. The number of para-hydroxylation sites is 4. The highest BCUT2D eigenvalue weighted by Crippen LogP contribution is 2.54. The number of rotatable bonds is 8. The molecule has 81 heavy (non-hydrogen) atoms. The highest BCUT2D eigenvalue weighted by atomic mass is 15.1. The zero-order chi connectivity index (χ0) is 54.1. The van der Waals surface area contributed by atoms with Gasteiger partial charge in [0.2, 0.25) is 0 Å². The molecule has 2 aromatic heterocycles. The highest BCUT2D eigenvalue weighted by molar-refractivity contribution is 6.11. The molecule has 0 radical (unpaired) electrons. The van der Waals surface area contributed by atoms with Gasteiger partial charge in [0.25, 0.3) is 0 Å². The van der Waals surface area contributed by atoms with Gasteiger partial charge in [-0.3, -0.25) is 0 Å². The molecule has 0 bridgehead atoms. The van der Waals surface area contributed by atoms with Crippen molar-refractivity contribution in [3.8, 4) is 67.0 Å². The van der Waals surface area contributed by atoms with Gasteiger partial charge in [-0.25, -0.2) is 0 Å². The summed E-state index contributed by atoms with van der Waals surface area (Å²) in [5.41, 5.74) is 27.9. The van der Waals surface area contributed by atoms with E-state index in [4.69, 9.17) is 0 Å². The van der Waals surface area contributed by atoms with Gasteiger partial charge in [0.15, 0.2) is 0 Å². The van der Waals surface area contributed by atoms with Gasteiger partial charge in [-0.05, 0) is 169 Å². The van der Waals surface area contributed by atoms with Crippen LogP contribution in [-0.4, -0.2) is 9.13 Å². The normalized spacial score (nSPS) is 13.6. The number of aromatic nitrogens is 2. The average Bonchev–Trinajstić information content (AvgIpc) is 4.31. The number of anilines is 3. The lowest BCUT2D eigenvalue weighted by atomic mass is 9.81. The van der Waals surface area contributed by atoms with E-state index in [2.05, 4.69) is 315 Å². The monoisotopic (exact) mass is 1040 g/mol. The Labute approximate surface area is 472 Å². The van der Waals surface area contributed by atoms with Crippen molar-refractivity contribution in [2.45, 2.75) is 38.5 Å². The van der Waals surface area contributed by atoms with Crippen LogP contribution in [0.25, 0.3) is 111 Å². The molecule has 3 heteroatoms. The van der Waals surface area contributed by atoms with Gasteiger partial charge < -0.3 is 14.0 Å². The minimum atomic E-state index is -0.267. The first kappa shape index (κ1) is 47.1. The summed E-state index contributed by atoms with van der Waals surface area (Å²) in [6.07, 6.45) is 0. The van der Waals surface area contributed by atoms with Crippen molar-refractivity contribution in [3.05, 3.63) is 295 Å². The summed E-state index contributed by atoms with van der Waals surface area (Å²) >= 11 is 0. The molecule has 2 aliphatic rings. The largest absolute Gasteiger partial charge is 0.310 e. The quantitative estimate of drug-likeness (QED) is 0.148. The van der Waals surface area contributed by atoms with Crippen LogP contribution in [0.4, 0.5) is 17.1 Å². The maximum absolute atomic E-state index is 2.48. The maximum Gasteiger partial charge on any atom is 0.0547 e. The summed E-state index contributed by atoms with van der Waals surface area (Å²) in [5, 5.41) is 5.08. The first-order chi connectivity index (χ1) is 39.7. The van der Waals surface area contributed by atoms with Crippen LogP contribution in [0.3, 0.4) is 0 Å². The number of hydrogen-bond acceptors (Lipinski definition) is 1. The summed E-state index contributed by atoms with van der Waals surface area (Å²) in [4.78, 5) is 2.48. The summed E-state index contributed by atoms with van der Waals surface area (Å²) in [6, 6.07) is 102. The summed E-state index contributed by atoms with van der Waals surface area (Å²) < 4.78 is 4.86. The minimum absolute atomic E-state index is 0.265. The third kappa shape index (κ3) is 7.21. The van der Waals surface area contributed by atoms with Crippen molar-refractivity contribution in [1.29, 1.82) is 0 Å². The molecule has 0 atom stereocenters. The van der Waals surface area contributed by atoms with E-state index < -0.39 is 0 Å². The number of hydrogen-bond donors (Lipinski definition) is 0. The van der Waals surface area contributed by atoms with Crippen LogP contribution in [0.5, 0.6) is 0 Å². The summed E-state index contributed by atoms with van der Waals surface area (Å²) in [7, 11) is 0. The molecular weight excluding hydrogens is 979 g/mol. The van der Waals surface area contributed by atoms with Gasteiger partial charge in [0, 0.05) is 60.8 Å². The molecule has 16 rings (SSSR count). The van der Waals surface area contributed by atoms with Crippen molar-refractivity contribution in [1.82, 2.24) is 9.13 Å². The Hall–Kier alpha value is -9.96. The average molecular weight is 1040 g/mol. The molecule has 0 N–H and O–H groups in total. The van der Waals surface area contributed by atoms with Gasteiger partial charge >= 0.3 is 0 Å². The molecule has 0 saturated carbocycles. The van der Waals surface area contributed by atoms with Crippen LogP contribution >= 0.6 is 0 Å². The molecule has 0 fully saturated rings. The zero-order valence-corrected chi connectivity index (χ0v) is 45.8. The fraction of sp³-hybridized carbons (Fsp3) is 0.0769. The standard InChI is InChI=1S/C78H57N3/c1-77(2)69-45-54(55-34-41-68-67-23-13-14-24-73(67)80(76(68)46-55)56-19-9-6-10-20-56)33-40-61(69)62-42-37-58(47-70(62)77)79(57-35-31-53(32-36-57)52-29-27-51(28-30-52)50-17-7-5-8-18-50)59-38-43-63-64-44-39-60(49-72(64)78(3,4)71(63)48-59)81-74-25-15-11-21-65(74)66-22-12-16-26-75(66)81/h5-49H,1-4H3. The van der Waals surface area contributed by atoms with Gasteiger partial charge in [0.1, 0.15) is 0 Å². The third-order valence-corrected chi connectivity index (χ3v) is 18.1. The van der Waals surface area contributed by atoms with E-state index in [1.54, 1.807) is 0 Å². The van der Waals surface area contributed by atoms with E-state index in [1.807, 2.05) is 0 Å². The Morgan fingerprint density at radius 3 is 1.15 bits per heavy atom. The van der Waals surface area contributed by atoms with Gasteiger partial charge in [-0.1, -0.05) is 210 Å². The molecule has 3 nitrogen and oxygen atoms in total. The van der Waals surface area contributed by atoms with Gasteiger partial charge in [-0.2, -0.15) is 0 Å². The first-order valence-electron chi connectivity index (χ1n) is 28.4. The number of fused-ring (bicyclic) bond motifs is 12. The predicted octanol–water partition coefficient (Wildman–Crippen LogP) is 21.0. The minimum Gasteiger partial charge on any atom is -0.310 e. The SMILES string of the molecule is CC1(C)c2cc(-c3ccc4c5ccccc5n(-c5ccccc5)c4c3)ccc2-c2ccc(N(c3ccc(-c4ccc(-c5ccccc5)cc4)cc3)c3ccc4c(c3)C(C)(C)c3cc(-n5c6ccccc6c6ccccc65)ccc3-4)cc21. The van der Waals surface area contributed by atoms with E-state index in [9.17, 15) is 0 Å². The molecule has 2 aliphatic carbocycles. The highest BCUT2D eigenvalue weighted by Gasteiger charge is 2.39. The maximum atomic E-state index is 2.48. The lowest BCUT2D eigenvalue weighted by Gasteiger charge is -2.30. The fourth-order valence-corrected chi connectivity index (χ4v) is 14.0. The van der Waals surface area contributed by atoms with Crippen molar-refractivity contribution in [2.24, 2.45) is 0 Å². The molecule has 12 aromatic carbocycles. The van der Waals surface area contributed by atoms with Crippen molar-refractivity contribution < 1.29 is 0 Å². The molecule has 0 aliphatic heterocycles. The second-order valence-electron chi connectivity index (χ2n) is 23.3. The molecular formula is C78H57N3. The smallest absolute Gasteiger partial charge is 0.0547 e. The summed E-state index contributed by atoms with van der Waals surface area (Å²) in [6.45, 7) is 9.63. The van der Waals surface area contributed by atoms with E-state index >= 15 is 0 Å². The molecule has 14 aromatic rings.